The molecule has 0 radical (unpaired) electrons. The lowest BCUT2D eigenvalue weighted by atomic mass is 9.88. The van der Waals surface area contributed by atoms with Crippen LogP contribution < -0.4 is 0 Å². The smallest absolute Gasteiger partial charge is 0.270 e. The molecule has 0 amide bonds. The van der Waals surface area contributed by atoms with Crippen molar-refractivity contribution in [3.8, 4) is 10.4 Å². The zero-order chi connectivity index (χ0) is 25.5. The highest BCUT2D eigenvalue weighted by Crippen LogP contribution is 2.36. The van der Waals surface area contributed by atoms with Gasteiger partial charge in [0.15, 0.2) is 0 Å². The lowest BCUT2D eigenvalue weighted by Gasteiger charge is -2.42. The summed E-state index contributed by atoms with van der Waals surface area (Å²) in [5, 5.41) is 29.7. The van der Waals surface area contributed by atoms with E-state index in [1.807, 2.05) is 31.2 Å². The van der Waals surface area contributed by atoms with E-state index in [2.05, 4.69) is 0 Å². The maximum atomic E-state index is 13.2. The standard InChI is InChI=1S/C25H27FO7S2/c1-13-3-4-16(25-23(29)21(27)22(28)24(33-25)14(2)35(30,31)32)11-17(13)12-19-9-10-20(34-19)15-5-7-18(26)8-6-15/h3-11,14,21-25,27-29H,12H2,1-2H3,(H,30,31,32)/t14?,21-,22-,23+,24-,25+/m0/s1. The number of aryl methyl sites for hydroxylation is 1. The number of benzene rings is 2. The summed E-state index contributed by atoms with van der Waals surface area (Å²) in [4.78, 5) is 2.06. The fourth-order valence-corrected chi connectivity index (χ4v) is 5.83. The van der Waals surface area contributed by atoms with Crippen LogP contribution in [0.3, 0.4) is 0 Å². The molecule has 1 unspecified atom stereocenters. The van der Waals surface area contributed by atoms with Crippen molar-refractivity contribution in [1.82, 2.24) is 0 Å². The molecule has 0 bridgehead atoms. The number of ether oxygens (including phenoxy) is 1. The second kappa shape index (κ2) is 10.1. The first-order valence-corrected chi connectivity index (χ1v) is 13.4. The molecule has 188 valence electrons. The Kier molecular flexibility index (Phi) is 7.44. The highest BCUT2D eigenvalue weighted by atomic mass is 32.2. The number of rotatable bonds is 6. The molecule has 2 aromatic carbocycles. The Labute approximate surface area is 207 Å². The number of aliphatic hydroxyl groups excluding tert-OH is 3. The summed E-state index contributed by atoms with van der Waals surface area (Å²) in [5.74, 6) is -0.295. The zero-order valence-electron chi connectivity index (χ0n) is 19.1. The Bertz CT molecular complexity index is 1290. The summed E-state index contributed by atoms with van der Waals surface area (Å²) >= 11 is 1.57. The number of hydrogen-bond acceptors (Lipinski definition) is 7. The minimum absolute atomic E-state index is 0.295. The van der Waals surface area contributed by atoms with E-state index >= 15 is 0 Å². The molecule has 3 aromatic rings. The first-order valence-electron chi connectivity index (χ1n) is 11.1. The van der Waals surface area contributed by atoms with Gasteiger partial charge in [0.05, 0.1) is 0 Å². The molecule has 1 saturated heterocycles. The Morgan fingerprint density at radius 1 is 1.00 bits per heavy atom. The second-order valence-corrected chi connectivity index (χ2v) is 11.8. The van der Waals surface area contributed by atoms with E-state index in [-0.39, 0.29) is 5.82 Å². The van der Waals surface area contributed by atoms with Gasteiger partial charge >= 0.3 is 0 Å². The monoisotopic (exact) mass is 522 g/mol. The van der Waals surface area contributed by atoms with Crippen molar-refractivity contribution >= 4 is 21.5 Å². The van der Waals surface area contributed by atoms with Gasteiger partial charge in [0.25, 0.3) is 10.1 Å². The maximum Gasteiger partial charge on any atom is 0.270 e. The van der Waals surface area contributed by atoms with Crippen molar-refractivity contribution in [1.29, 1.82) is 0 Å². The van der Waals surface area contributed by atoms with Crippen LogP contribution in [0.2, 0.25) is 0 Å². The Morgan fingerprint density at radius 2 is 1.69 bits per heavy atom. The molecular formula is C25H27FO7S2. The predicted octanol–water partition coefficient (Wildman–Crippen LogP) is 3.25. The lowest BCUT2D eigenvalue weighted by Crippen LogP contribution is -2.58. The van der Waals surface area contributed by atoms with Crippen molar-refractivity contribution < 1.29 is 37.4 Å². The van der Waals surface area contributed by atoms with Gasteiger partial charge in [-0.3, -0.25) is 4.55 Å². The van der Waals surface area contributed by atoms with E-state index in [9.17, 15) is 32.7 Å². The molecule has 10 heteroatoms. The molecule has 6 atom stereocenters. The van der Waals surface area contributed by atoms with Crippen molar-refractivity contribution in [3.05, 3.63) is 82.0 Å². The lowest BCUT2D eigenvalue weighted by molar-refractivity contribution is -0.224. The molecule has 1 fully saturated rings. The molecule has 0 aliphatic carbocycles. The van der Waals surface area contributed by atoms with Gasteiger partial charge in [-0.1, -0.05) is 30.3 Å². The van der Waals surface area contributed by atoms with Gasteiger partial charge < -0.3 is 20.1 Å². The molecular weight excluding hydrogens is 495 g/mol. The average Bonchev–Trinajstić information content (AvgIpc) is 3.27. The van der Waals surface area contributed by atoms with Gasteiger partial charge in [-0.25, -0.2) is 4.39 Å². The van der Waals surface area contributed by atoms with Gasteiger partial charge in [-0.15, -0.1) is 11.3 Å². The van der Waals surface area contributed by atoms with Gasteiger partial charge in [-0.2, -0.15) is 8.42 Å². The second-order valence-electron chi connectivity index (χ2n) is 8.85. The van der Waals surface area contributed by atoms with Crippen molar-refractivity contribution in [2.45, 2.75) is 56.0 Å². The summed E-state index contributed by atoms with van der Waals surface area (Å²) in [6.07, 6.45) is -6.84. The summed E-state index contributed by atoms with van der Waals surface area (Å²) in [6.45, 7) is 3.11. The minimum atomic E-state index is -4.56. The fraction of sp³-hybridized carbons (Fsp3) is 0.360. The number of halogens is 1. The molecule has 2 heterocycles. The van der Waals surface area contributed by atoms with Crippen LogP contribution in [0.5, 0.6) is 0 Å². The third-order valence-electron chi connectivity index (χ3n) is 6.44. The van der Waals surface area contributed by atoms with E-state index in [0.29, 0.717) is 12.0 Å². The topological polar surface area (TPSA) is 124 Å². The van der Waals surface area contributed by atoms with Crippen LogP contribution in [0.15, 0.2) is 54.6 Å². The molecule has 7 nitrogen and oxygen atoms in total. The Morgan fingerprint density at radius 3 is 2.34 bits per heavy atom. The SMILES string of the molecule is Cc1ccc([C@H]2O[C@@H](C(C)S(=O)(=O)O)[C@@H](O)[C@H](O)[C@H]2O)cc1Cc1ccc(-c2ccc(F)cc2)s1. The maximum absolute atomic E-state index is 13.2. The van der Waals surface area contributed by atoms with Crippen molar-refractivity contribution in [2.24, 2.45) is 0 Å². The Balaban J connectivity index is 1.59. The van der Waals surface area contributed by atoms with Crippen LogP contribution in [0.25, 0.3) is 10.4 Å². The predicted molar refractivity (Wildman–Crippen MR) is 130 cm³/mol. The van der Waals surface area contributed by atoms with Crippen LogP contribution in [0.1, 0.15) is 34.6 Å². The van der Waals surface area contributed by atoms with E-state index in [1.54, 1.807) is 29.5 Å². The van der Waals surface area contributed by atoms with Gasteiger partial charge in [-0.05, 0) is 60.4 Å². The molecule has 1 aliphatic heterocycles. The minimum Gasteiger partial charge on any atom is -0.388 e. The molecule has 35 heavy (non-hydrogen) atoms. The van der Waals surface area contributed by atoms with E-state index in [1.165, 1.54) is 19.1 Å². The molecule has 0 spiro atoms. The Hall–Kier alpha value is -2.18. The van der Waals surface area contributed by atoms with Crippen LogP contribution in [-0.4, -0.2) is 58.0 Å². The quantitative estimate of drug-likeness (QED) is 0.366. The van der Waals surface area contributed by atoms with Gasteiger partial charge in [0.1, 0.15) is 41.6 Å². The number of thiophene rings is 1. The molecule has 0 saturated carbocycles. The molecule has 1 aromatic heterocycles. The van der Waals surface area contributed by atoms with Gasteiger partial charge in [0.2, 0.25) is 0 Å². The van der Waals surface area contributed by atoms with Crippen LogP contribution in [0, 0.1) is 12.7 Å². The van der Waals surface area contributed by atoms with Gasteiger partial charge in [0, 0.05) is 16.2 Å². The third kappa shape index (κ3) is 5.49. The highest BCUT2D eigenvalue weighted by Gasteiger charge is 2.48. The largest absolute Gasteiger partial charge is 0.388 e. The first kappa shape index (κ1) is 25.9. The van der Waals surface area contributed by atoms with Crippen LogP contribution in [-0.2, 0) is 21.3 Å². The highest BCUT2D eigenvalue weighted by molar-refractivity contribution is 7.86. The van der Waals surface area contributed by atoms with Crippen molar-refractivity contribution in [2.75, 3.05) is 0 Å². The first-order chi connectivity index (χ1) is 16.5. The normalized spacial score (nSPS) is 26.0. The average molecular weight is 523 g/mol. The van der Waals surface area contributed by atoms with E-state index in [0.717, 1.165) is 26.4 Å². The van der Waals surface area contributed by atoms with Crippen molar-refractivity contribution in [3.63, 3.8) is 0 Å². The summed E-state index contributed by atoms with van der Waals surface area (Å²) in [5.41, 5.74) is 3.34. The fourth-order valence-electron chi connectivity index (χ4n) is 4.23. The summed E-state index contributed by atoms with van der Waals surface area (Å²) < 4.78 is 51.7. The summed E-state index contributed by atoms with van der Waals surface area (Å²) in [7, 11) is -4.56. The number of hydrogen-bond donors (Lipinski definition) is 4. The third-order valence-corrected chi connectivity index (χ3v) is 8.78. The van der Waals surface area contributed by atoms with Crippen LogP contribution >= 0.6 is 11.3 Å². The zero-order valence-corrected chi connectivity index (χ0v) is 20.7. The van der Waals surface area contributed by atoms with Crippen LogP contribution in [0.4, 0.5) is 4.39 Å². The van der Waals surface area contributed by atoms with E-state index < -0.39 is 45.9 Å². The molecule has 4 N–H and O–H groups in total. The summed E-state index contributed by atoms with van der Waals surface area (Å²) in [6, 6.07) is 15.6. The molecule has 4 rings (SSSR count). The van der Waals surface area contributed by atoms with E-state index in [4.69, 9.17) is 4.74 Å². The number of aliphatic hydroxyl groups is 3. The molecule has 1 aliphatic rings.